The van der Waals surface area contributed by atoms with Gasteiger partial charge in [-0.15, -0.1) is 11.6 Å². The van der Waals surface area contributed by atoms with Gasteiger partial charge >= 0.3 is 0 Å². The Morgan fingerprint density at radius 2 is 2.45 bits per heavy atom. The lowest BCUT2D eigenvalue weighted by Gasteiger charge is -2.48. The van der Waals surface area contributed by atoms with Crippen molar-refractivity contribution in [2.75, 3.05) is 0 Å². The Balaban J connectivity index is 2.26. The molecule has 0 aromatic rings. The van der Waals surface area contributed by atoms with Crippen LogP contribution in [0, 0.1) is 23.2 Å². The molecule has 2 aliphatic rings. The molecule has 0 aromatic heterocycles. The van der Waals surface area contributed by atoms with Crippen molar-refractivity contribution in [2.45, 2.75) is 17.4 Å². The molecule has 0 aliphatic heterocycles. The van der Waals surface area contributed by atoms with Gasteiger partial charge in [0.25, 0.3) is 0 Å². The van der Waals surface area contributed by atoms with Crippen LogP contribution in [0.1, 0.15) is 6.42 Å². The number of fused-ring (bicyclic) bond motifs is 1. The highest BCUT2D eigenvalue weighted by molar-refractivity contribution is 6.23. The van der Waals surface area contributed by atoms with Crippen molar-refractivity contribution in [1.82, 2.24) is 0 Å². The van der Waals surface area contributed by atoms with Crippen LogP contribution in [0.25, 0.3) is 0 Å². The highest BCUT2D eigenvalue weighted by atomic mass is 35.5. The molecule has 0 amide bonds. The Morgan fingerprint density at radius 3 is 3.09 bits per heavy atom. The molecule has 11 heavy (non-hydrogen) atoms. The molecule has 2 aliphatic carbocycles. The molecule has 1 N–H and O–H groups in total. The van der Waals surface area contributed by atoms with E-state index >= 15 is 0 Å². The summed E-state index contributed by atoms with van der Waals surface area (Å²) in [5.74, 6) is 0.274. The fraction of sp³-hybridized carbons (Fsp3) is 0.625. The third-order valence-electron chi connectivity index (χ3n) is 2.72. The second-order valence-electron chi connectivity index (χ2n) is 3.19. The second-order valence-corrected chi connectivity index (χ2v) is 3.66. The summed E-state index contributed by atoms with van der Waals surface area (Å²) in [6.07, 6.45) is 4.77. The van der Waals surface area contributed by atoms with Crippen LogP contribution in [0.3, 0.4) is 0 Å². The summed E-state index contributed by atoms with van der Waals surface area (Å²) in [5.41, 5.74) is -1.27. The summed E-state index contributed by atoms with van der Waals surface area (Å²) >= 11 is 5.83. The van der Waals surface area contributed by atoms with Crippen molar-refractivity contribution < 1.29 is 5.11 Å². The van der Waals surface area contributed by atoms with Gasteiger partial charge in [0.15, 0.2) is 5.60 Å². The van der Waals surface area contributed by atoms with Crippen molar-refractivity contribution >= 4 is 11.6 Å². The smallest absolute Gasteiger partial charge is 0.171 e. The number of allylic oxidation sites excluding steroid dienone is 2. The first-order valence-electron chi connectivity index (χ1n) is 3.64. The topological polar surface area (TPSA) is 44.0 Å². The standard InChI is InChI=1S/C8H8ClNO/c9-7-5-2-1-3-6(5)8(7,11)4-10/h1-2,5-7,11H,3H2/t5-,6+,7+,8-/m1/s1. The zero-order valence-corrected chi connectivity index (χ0v) is 6.62. The monoisotopic (exact) mass is 169 g/mol. The molecule has 0 radical (unpaired) electrons. The summed E-state index contributed by atoms with van der Waals surface area (Å²) in [4.78, 5) is 0. The van der Waals surface area contributed by atoms with Gasteiger partial charge in [0.2, 0.25) is 0 Å². The lowest BCUT2D eigenvalue weighted by atomic mass is 9.63. The molecule has 2 nitrogen and oxygen atoms in total. The largest absolute Gasteiger partial charge is 0.374 e. The first-order valence-corrected chi connectivity index (χ1v) is 4.08. The molecule has 4 atom stereocenters. The van der Waals surface area contributed by atoms with Crippen molar-refractivity contribution in [3.63, 3.8) is 0 Å². The first-order chi connectivity index (χ1) is 5.20. The fourth-order valence-corrected chi connectivity index (χ4v) is 2.44. The molecule has 0 bridgehead atoms. The molecule has 3 heteroatoms. The molecule has 2 rings (SSSR count). The zero-order valence-electron chi connectivity index (χ0n) is 5.87. The normalized spacial score (nSPS) is 53.0. The molecule has 0 heterocycles. The first kappa shape index (κ1) is 7.15. The van der Waals surface area contributed by atoms with Crippen LogP contribution in [0.4, 0.5) is 0 Å². The fourth-order valence-electron chi connectivity index (χ4n) is 1.97. The molecule has 1 saturated carbocycles. The van der Waals surface area contributed by atoms with Crippen molar-refractivity contribution in [3.8, 4) is 6.07 Å². The highest BCUT2D eigenvalue weighted by Gasteiger charge is 2.61. The van der Waals surface area contributed by atoms with Gasteiger partial charge < -0.3 is 5.11 Å². The number of nitrogens with zero attached hydrogens (tertiary/aromatic N) is 1. The van der Waals surface area contributed by atoms with Crippen LogP contribution >= 0.6 is 11.6 Å². The predicted octanol–water partition coefficient (Wildman–Crippen LogP) is 1.05. The molecule has 1 fully saturated rings. The quantitative estimate of drug-likeness (QED) is 0.335. The van der Waals surface area contributed by atoms with Crippen molar-refractivity contribution in [3.05, 3.63) is 12.2 Å². The van der Waals surface area contributed by atoms with Crippen LogP contribution in [-0.2, 0) is 0 Å². The number of hydrogen-bond acceptors (Lipinski definition) is 2. The number of nitriles is 1. The van der Waals surface area contributed by atoms with E-state index in [2.05, 4.69) is 0 Å². The number of hydrogen-bond donors (Lipinski definition) is 1. The Morgan fingerprint density at radius 1 is 1.73 bits per heavy atom. The van der Waals surface area contributed by atoms with Gasteiger partial charge in [0, 0.05) is 11.8 Å². The molecule has 0 unspecified atom stereocenters. The van der Waals surface area contributed by atoms with E-state index in [1.165, 1.54) is 0 Å². The Kier molecular flexibility index (Phi) is 1.30. The molecular weight excluding hydrogens is 162 g/mol. The minimum atomic E-state index is -1.27. The van der Waals surface area contributed by atoms with Crippen LogP contribution in [0.15, 0.2) is 12.2 Å². The Bertz CT molecular complexity index is 257. The van der Waals surface area contributed by atoms with E-state index in [1.54, 1.807) is 0 Å². The van der Waals surface area contributed by atoms with Crippen molar-refractivity contribution in [2.24, 2.45) is 11.8 Å². The van der Waals surface area contributed by atoms with Crippen LogP contribution in [0.2, 0.25) is 0 Å². The van der Waals surface area contributed by atoms with Crippen LogP contribution < -0.4 is 0 Å². The zero-order chi connectivity index (χ0) is 8.06. The summed E-state index contributed by atoms with van der Waals surface area (Å²) in [5, 5.41) is 17.9. The number of rotatable bonds is 0. The van der Waals surface area contributed by atoms with Gasteiger partial charge in [0.1, 0.15) is 0 Å². The Labute approximate surface area is 70.1 Å². The molecule has 0 spiro atoms. The van der Waals surface area contributed by atoms with Gasteiger partial charge in [-0.2, -0.15) is 5.26 Å². The van der Waals surface area contributed by atoms with E-state index in [0.717, 1.165) is 6.42 Å². The second kappa shape index (κ2) is 2.00. The van der Waals surface area contributed by atoms with Crippen molar-refractivity contribution in [1.29, 1.82) is 5.26 Å². The maximum absolute atomic E-state index is 9.62. The third kappa shape index (κ3) is 0.654. The lowest BCUT2D eigenvalue weighted by molar-refractivity contribution is -0.0626. The molecule has 0 saturated heterocycles. The summed E-state index contributed by atoms with van der Waals surface area (Å²) in [6.45, 7) is 0. The van der Waals surface area contributed by atoms with Gasteiger partial charge in [0.05, 0.1) is 11.4 Å². The molecule has 0 aromatic carbocycles. The maximum atomic E-state index is 9.62. The number of aliphatic hydroxyl groups is 1. The molecular formula is C8H8ClNO. The Hall–Kier alpha value is -0.520. The van der Waals surface area contributed by atoms with E-state index in [9.17, 15) is 5.11 Å². The van der Waals surface area contributed by atoms with Gasteiger partial charge in [-0.1, -0.05) is 12.2 Å². The highest BCUT2D eigenvalue weighted by Crippen LogP contribution is 2.52. The van der Waals surface area contributed by atoms with Gasteiger partial charge in [-0.25, -0.2) is 0 Å². The summed E-state index contributed by atoms with van der Waals surface area (Å²) in [6, 6.07) is 1.88. The minimum absolute atomic E-state index is 0.0509. The van der Waals surface area contributed by atoms with Gasteiger partial charge in [-0.05, 0) is 6.42 Å². The average Bonchev–Trinajstić information content (AvgIpc) is 2.48. The van der Waals surface area contributed by atoms with E-state index < -0.39 is 11.0 Å². The van der Waals surface area contributed by atoms with E-state index in [-0.39, 0.29) is 11.8 Å². The third-order valence-corrected chi connectivity index (χ3v) is 3.34. The van der Waals surface area contributed by atoms with E-state index in [0.29, 0.717) is 0 Å². The minimum Gasteiger partial charge on any atom is -0.374 e. The van der Waals surface area contributed by atoms with Crippen LogP contribution in [0.5, 0.6) is 0 Å². The van der Waals surface area contributed by atoms with E-state index in [4.69, 9.17) is 16.9 Å². The SMILES string of the molecule is N#C[C@]1(O)[C@@H](Cl)[C@@H]2C=CC[C@@H]21. The van der Waals surface area contributed by atoms with Gasteiger partial charge in [-0.3, -0.25) is 0 Å². The van der Waals surface area contributed by atoms with Crippen LogP contribution in [-0.4, -0.2) is 16.1 Å². The van der Waals surface area contributed by atoms with E-state index in [1.807, 2.05) is 18.2 Å². The number of alkyl halides is 1. The maximum Gasteiger partial charge on any atom is 0.171 e. The average molecular weight is 170 g/mol. The summed E-state index contributed by atoms with van der Waals surface area (Å²) < 4.78 is 0. The lowest BCUT2D eigenvalue weighted by Crippen LogP contribution is -2.61. The predicted molar refractivity (Wildman–Crippen MR) is 40.9 cm³/mol. The number of halogens is 1. The summed E-state index contributed by atoms with van der Waals surface area (Å²) in [7, 11) is 0. The molecule has 58 valence electrons.